The molecule has 1 amide bonds. The van der Waals surface area contributed by atoms with Crippen LogP contribution >= 0.6 is 0 Å². The predicted molar refractivity (Wildman–Crippen MR) is 95.4 cm³/mol. The van der Waals surface area contributed by atoms with Crippen molar-refractivity contribution in [2.24, 2.45) is 5.92 Å². The fourth-order valence-electron chi connectivity index (χ4n) is 4.56. The maximum absolute atomic E-state index is 12.0. The van der Waals surface area contributed by atoms with Crippen LogP contribution in [0.2, 0.25) is 0 Å². The first-order valence-corrected chi connectivity index (χ1v) is 9.88. The van der Waals surface area contributed by atoms with Crippen molar-refractivity contribution in [2.75, 3.05) is 40.4 Å². The number of carbonyl (C=O) groups excluding carboxylic acids is 1. The third kappa shape index (κ3) is 5.16. The third-order valence-electron chi connectivity index (χ3n) is 5.96. The van der Waals surface area contributed by atoms with E-state index in [-0.39, 0.29) is 18.1 Å². The largest absolute Gasteiger partial charge is 0.389 e. The highest BCUT2D eigenvalue weighted by Crippen LogP contribution is 2.31. The van der Waals surface area contributed by atoms with Crippen molar-refractivity contribution in [2.45, 2.75) is 69.3 Å². The number of fused-ring (bicyclic) bond motifs is 1. The lowest BCUT2D eigenvalue weighted by Gasteiger charge is -2.45. The zero-order chi connectivity index (χ0) is 17.8. The van der Waals surface area contributed by atoms with Crippen molar-refractivity contribution in [3.63, 3.8) is 0 Å². The molecule has 6 nitrogen and oxygen atoms in total. The summed E-state index contributed by atoms with van der Waals surface area (Å²) in [5, 5.41) is 10.2. The van der Waals surface area contributed by atoms with Crippen molar-refractivity contribution in [1.82, 2.24) is 9.80 Å². The number of β-amino-alcohol motifs (C(OH)–C–C–N with tert-alkyl or cyclic N) is 1. The van der Waals surface area contributed by atoms with Gasteiger partial charge in [0.25, 0.3) is 0 Å². The van der Waals surface area contributed by atoms with Gasteiger partial charge in [-0.1, -0.05) is 12.8 Å². The normalized spacial score (nSPS) is 35.0. The number of hydrogen-bond acceptors (Lipinski definition) is 5. The predicted octanol–water partition coefficient (Wildman–Crippen LogP) is 1.26. The minimum absolute atomic E-state index is 0.00242. The Hall–Kier alpha value is -0.690. The standard InChI is InChI=1S/C19H34N2O4/c1-20(2)19(23)9-16-7-8-17-18(25-16)13-24-12-15(22)11-21(17)10-14-5-3-4-6-14/h14-18,22H,3-13H2,1-2H3/t15-,16+,17+,18-/m1/s1. The summed E-state index contributed by atoms with van der Waals surface area (Å²) in [4.78, 5) is 16.1. The van der Waals surface area contributed by atoms with Crippen molar-refractivity contribution < 1.29 is 19.4 Å². The maximum atomic E-state index is 12.0. The summed E-state index contributed by atoms with van der Waals surface area (Å²) >= 11 is 0. The fraction of sp³-hybridized carbons (Fsp3) is 0.947. The van der Waals surface area contributed by atoms with Gasteiger partial charge in [0, 0.05) is 33.2 Å². The first kappa shape index (κ1) is 19.1. The Morgan fingerprint density at radius 3 is 2.64 bits per heavy atom. The van der Waals surface area contributed by atoms with E-state index in [1.54, 1.807) is 19.0 Å². The summed E-state index contributed by atoms with van der Waals surface area (Å²) in [6, 6.07) is 0.293. The van der Waals surface area contributed by atoms with Gasteiger partial charge in [-0.15, -0.1) is 0 Å². The van der Waals surface area contributed by atoms with Crippen LogP contribution in [0.5, 0.6) is 0 Å². The number of carbonyl (C=O) groups is 1. The van der Waals surface area contributed by atoms with E-state index in [1.165, 1.54) is 25.7 Å². The van der Waals surface area contributed by atoms with Crippen LogP contribution in [0.3, 0.4) is 0 Å². The fourth-order valence-corrected chi connectivity index (χ4v) is 4.56. The molecule has 0 aromatic rings. The highest BCUT2D eigenvalue weighted by atomic mass is 16.5. The van der Waals surface area contributed by atoms with Gasteiger partial charge in [0.15, 0.2) is 0 Å². The van der Waals surface area contributed by atoms with Crippen LogP contribution in [0.1, 0.15) is 44.9 Å². The van der Waals surface area contributed by atoms with Gasteiger partial charge in [0.1, 0.15) is 0 Å². The number of nitrogens with zero attached hydrogens (tertiary/aromatic N) is 2. The number of rotatable bonds is 4. The van der Waals surface area contributed by atoms with E-state index < -0.39 is 6.10 Å². The Kier molecular flexibility index (Phi) is 6.72. The highest BCUT2D eigenvalue weighted by molar-refractivity contribution is 5.76. The van der Waals surface area contributed by atoms with Gasteiger partial charge in [-0.05, 0) is 31.6 Å². The quantitative estimate of drug-likeness (QED) is 0.824. The average molecular weight is 354 g/mol. The molecular weight excluding hydrogens is 320 g/mol. The molecule has 0 spiro atoms. The Morgan fingerprint density at radius 2 is 1.92 bits per heavy atom. The van der Waals surface area contributed by atoms with E-state index in [0.717, 1.165) is 25.3 Å². The van der Waals surface area contributed by atoms with Crippen molar-refractivity contribution >= 4 is 5.91 Å². The van der Waals surface area contributed by atoms with Crippen LogP contribution in [0.4, 0.5) is 0 Å². The maximum Gasteiger partial charge on any atom is 0.224 e. The first-order valence-electron chi connectivity index (χ1n) is 9.88. The highest BCUT2D eigenvalue weighted by Gasteiger charge is 2.38. The molecule has 0 aromatic heterocycles. The molecule has 2 heterocycles. The SMILES string of the molecule is CN(C)C(=O)C[C@@H]1CC[C@H]2[C@@H](COC[C@H](O)CN2CC2CCCC2)O1. The second kappa shape index (κ2) is 8.80. The second-order valence-corrected chi connectivity index (χ2v) is 8.23. The smallest absolute Gasteiger partial charge is 0.224 e. The summed E-state index contributed by atoms with van der Waals surface area (Å²) in [6.45, 7) is 2.61. The zero-order valence-electron chi connectivity index (χ0n) is 15.7. The van der Waals surface area contributed by atoms with Gasteiger partial charge < -0.3 is 19.5 Å². The number of ether oxygens (including phenoxy) is 2. The molecule has 2 saturated heterocycles. The molecule has 1 saturated carbocycles. The Bertz CT molecular complexity index is 439. The zero-order valence-corrected chi connectivity index (χ0v) is 15.7. The Morgan fingerprint density at radius 1 is 1.16 bits per heavy atom. The van der Waals surface area contributed by atoms with Gasteiger partial charge in [0.05, 0.1) is 37.9 Å². The van der Waals surface area contributed by atoms with Gasteiger partial charge in [-0.2, -0.15) is 0 Å². The molecule has 3 fully saturated rings. The van der Waals surface area contributed by atoms with E-state index >= 15 is 0 Å². The molecule has 3 aliphatic rings. The topological polar surface area (TPSA) is 62.2 Å². The molecule has 0 unspecified atom stereocenters. The van der Waals surface area contributed by atoms with Crippen LogP contribution in [-0.2, 0) is 14.3 Å². The van der Waals surface area contributed by atoms with Crippen LogP contribution in [0.15, 0.2) is 0 Å². The molecule has 3 rings (SSSR count). The van der Waals surface area contributed by atoms with E-state index in [2.05, 4.69) is 4.90 Å². The molecule has 1 aliphatic carbocycles. The summed E-state index contributed by atoms with van der Waals surface area (Å²) in [5.74, 6) is 0.870. The Balaban J connectivity index is 1.63. The third-order valence-corrected chi connectivity index (χ3v) is 5.96. The molecule has 0 bridgehead atoms. The van der Waals surface area contributed by atoms with Gasteiger partial charge >= 0.3 is 0 Å². The van der Waals surface area contributed by atoms with Crippen molar-refractivity contribution in [1.29, 1.82) is 0 Å². The molecule has 6 heteroatoms. The molecule has 144 valence electrons. The minimum Gasteiger partial charge on any atom is -0.389 e. The van der Waals surface area contributed by atoms with Gasteiger partial charge in [-0.25, -0.2) is 0 Å². The minimum atomic E-state index is -0.421. The molecule has 4 atom stereocenters. The molecular formula is C19H34N2O4. The van der Waals surface area contributed by atoms with Crippen LogP contribution in [0.25, 0.3) is 0 Å². The second-order valence-electron chi connectivity index (χ2n) is 8.23. The summed E-state index contributed by atoms with van der Waals surface area (Å²) in [6.07, 6.45) is 7.21. The van der Waals surface area contributed by atoms with E-state index in [1.807, 2.05) is 0 Å². The first-order chi connectivity index (χ1) is 12.0. The number of hydrogen-bond donors (Lipinski definition) is 1. The summed E-state index contributed by atoms with van der Waals surface area (Å²) in [5.41, 5.74) is 0. The van der Waals surface area contributed by atoms with E-state index in [4.69, 9.17) is 9.47 Å². The molecule has 25 heavy (non-hydrogen) atoms. The Labute approximate surface area is 151 Å². The lowest BCUT2D eigenvalue weighted by molar-refractivity contribution is -0.160. The summed E-state index contributed by atoms with van der Waals surface area (Å²) < 4.78 is 12.0. The van der Waals surface area contributed by atoms with Crippen LogP contribution < -0.4 is 0 Å². The number of aliphatic hydroxyl groups excluding tert-OH is 1. The lowest BCUT2D eigenvalue weighted by atomic mass is 9.93. The molecule has 2 aliphatic heterocycles. The molecule has 0 radical (unpaired) electrons. The van der Waals surface area contributed by atoms with Crippen LogP contribution in [0, 0.1) is 5.92 Å². The average Bonchev–Trinajstić information content (AvgIpc) is 3.06. The van der Waals surface area contributed by atoms with E-state index in [0.29, 0.717) is 32.2 Å². The lowest BCUT2D eigenvalue weighted by Crippen LogP contribution is -2.56. The number of amides is 1. The summed E-state index contributed by atoms with van der Waals surface area (Å²) in [7, 11) is 3.58. The van der Waals surface area contributed by atoms with Crippen LogP contribution in [-0.4, -0.2) is 85.6 Å². The van der Waals surface area contributed by atoms with Crippen molar-refractivity contribution in [3.8, 4) is 0 Å². The number of aliphatic hydroxyl groups is 1. The molecule has 0 aromatic carbocycles. The van der Waals surface area contributed by atoms with Crippen molar-refractivity contribution in [3.05, 3.63) is 0 Å². The van der Waals surface area contributed by atoms with E-state index in [9.17, 15) is 9.90 Å². The van der Waals surface area contributed by atoms with Gasteiger partial charge in [-0.3, -0.25) is 9.69 Å². The molecule has 1 N–H and O–H groups in total. The van der Waals surface area contributed by atoms with Gasteiger partial charge in [0.2, 0.25) is 5.91 Å². The monoisotopic (exact) mass is 354 g/mol.